The number of benzene rings is 1. The molecule has 1 saturated carbocycles. The first kappa shape index (κ1) is 33.7. The molecule has 248 valence electrons. The first-order valence-electron chi connectivity index (χ1n) is 15.7. The minimum atomic E-state index is -1.35. The molecule has 2 aromatic heterocycles. The number of Topliss-reactive ketones (excluding diaryl/α,β-unsaturated/α-hetero) is 1. The average Bonchev–Trinajstić information content (AvgIpc) is 3.32. The third kappa shape index (κ3) is 8.17. The Morgan fingerprint density at radius 2 is 1.85 bits per heavy atom. The lowest BCUT2D eigenvalue weighted by molar-refractivity contribution is -0.128. The van der Waals surface area contributed by atoms with Gasteiger partial charge in [0, 0.05) is 51.2 Å². The summed E-state index contributed by atoms with van der Waals surface area (Å²) < 4.78 is 49.2. The highest BCUT2D eigenvalue weighted by molar-refractivity contribution is 6.76. The number of pyridine rings is 1. The first-order valence-corrected chi connectivity index (χ1v) is 19.4. The zero-order valence-corrected chi connectivity index (χ0v) is 27.8. The Labute approximate surface area is 268 Å². The van der Waals surface area contributed by atoms with E-state index in [1.165, 1.54) is 18.5 Å². The largest absolute Gasteiger partial charge is 0.450 e. The summed E-state index contributed by atoms with van der Waals surface area (Å²) in [6.07, 6.45) is 6.24. The molecule has 2 amide bonds. The highest BCUT2D eigenvalue weighted by Crippen LogP contribution is 2.36. The first-order chi connectivity index (χ1) is 21.8. The van der Waals surface area contributed by atoms with E-state index in [0.29, 0.717) is 38.3 Å². The van der Waals surface area contributed by atoms with Crippen molar-refractivity contribution in [2.75, 3.05) is 19.8 Å². The van der Waals surface area contributed by atoms with Gasteiger partial charge < -0.3 is 18.8 Å². The minimum absolute atomic E-state index is 0.0149. The number of nitrogens with zero attached hydrogens (tertiary/aromatic N) is 2. The molecule has 0 radical (unpaired) electrons. The van der Waals surface area contributed by atoms with Gasteiger partial charge in [0.1, 0.15) is 23.9 Å². The van der Waals surface area contributed by atoms with Gasteiger partial charge in [-0.2, -0.15) is 0 Å². The Kier molecular flexibility index (Phi) is 10.2. The summed E-state index contributed by atoms with van der Waals surface area (Å²) >= 11 is 0. The summed E-state index contributed by atoms with van der Waals surface area (Å²) in [5.74, 6) is -3.85. The second-order valence-electron chi connectivity index (χ2n) is 13.9. The Bertz CT molecular complexity index is 1590. The highest BCUT2D eigenvalue weighted by Gasteiger charge is 2.33. The summed E-state index contributed by atoms with van der Waals surface area (Å²) in [6.45, 7) is 10.6. The number of carbonyl (C=O) groups is 3. The lowest BCUT2D eigenvalue weighted by Crippen LogP contribution is -2.46. The fourth-order valence-electron chi connectivity index (χ4n) is 5.32. The Balaban J connectivity index is 1.37. The van der Waals surface area contributed by atoms with Crippen LogP contribution in [0.5, 0.6) is 11.5 Å². The molecule has 10 nitrogen and oxygen atoms in total. The van der Waals surface area contributed by atoms with Crippen LogP contribution in [-0.4, -0.2) is 55.0 Å². The maximum atomic E-state index is 15.3. The average molecular weight is 657 g/mol. The van der Waals surface area contributed by atoms with Gasteiger partial charge in [0.25, 0.3) is 5.91 Å². The van der Waals surface area contributed by atoms with Crippen LogP contribution in [-0.2, 0) is 32.2 Å². The Hall–Kier alpha value is -3.68. The van der Waals surface area contributed by atoms with Crippen LogP contribution in [0.1, 0.15) is 54.9 Å². The van der Waals surface area contributed by atoms with Crippen LogP contribution in [0.2, 0.25) is 25.7 Å². The van der Waals surface area contributed by atoms with Crippen molar-refractivity contribution in [1.29, 1.82) is 0 Å². The number of aromatic nitrogens is 2. The van der Waals surface area contributed by atoms with Gasteiger partial charge in [-0.3, -0.25) is 25.2 Å². The monoisotopic (exact) mass is 656 g/mol. The highest BCUT2D eigenvalue weighted by atomic mass is 28.3. The van der Waals surface area contributed by atoms with Crippen molar-refractivity contribution in [3.8, 4) is 11.5 Å². The molecule has 1 aliphatic heterocycles. The molecule has 1 saturated heterocycles. The predicted molar refractivity (Wildman–Crippen MR) is 170 cm³/mol. The molecule has 3 aromatic rings. The molecule has 0 bridgehead atoms. The number of hydrogen-bond acceptors (Lipinski definition) is 7. The number of nitrogens with one attached hydrogen (secondary N) is 2. The van der Waals surface area contributed by atoms with E-state index in [1.807, 2.05) is 6.92 Å². The van der Waals surface area contributed by atoms with Gasteiger partial charge in [-0.15, -0.1) is 0 Å². The number of hydrazine groups is 1. The molecule has 0 spiro atoms. The number of fused-ring (bicyclic) bond motifs is 1. The molecule has 2 N–H and O–H groups in total. The number of ether oxygens (including phenoxy) is 3. The number of rotatable bonds is 14. The van der Waals surface area contributed by atoms with Gasteiger partial charge in [-0.05, 0) is 49.1 Å². The zero-order chi connectivity index (χ0) is 33.1. The van der Waals surface area contributed by atoms with E-state index >= 15 is 8.78 Å². The normalized spacial score (nSPS) is 16.0. The van der Waals surface area contributed by atoms with Crippen molar-refractivity contribution in [3.05, 3.63) is 53.4 Å². The van der Waals surface area contributed by atoms with E-state index in [4.69, 9.17) is 14.2 Å². The van der Waals surface area contributed by atoms with E-state index < -0.39 is 31.4 Å². The van der Waals surface area contributed by atoms with Crippen molar-refractivity contribution in [2.45, 2.75) is 77.9 Å². The topological polar surface area (TPSA) is 121 Å². The quantitative estimate of drug-likeness (QED) is 0.126. The van der Waals surface area contributed by atoms with Crippen molar-refractivity contribution in [2.24, 2.45) is 11.3 Å². The third-order valence-electron chi connectivity index (χ3n) is 8.55. The molecule has 2 fully saturated rings. The minimum Gasteiger partial charge on any atom is -0.450 e. The van der Waals surface area contributed by atoms with E-state index in [1.54, 1.807) is 4.57 Å². The summed E-state index contributed by atoms with van der Waals surface area (Å²) in [7, 11) is -1.35. The van der Waals surface area contributed by atoms with Gasteiger partial charge in [0.2, 0.25) is 5.91 Å². The SMILES string of the molecule is CC1(CCC(=O)Cc2cc(F)c(Oc3ccnc4c3c(C(=O)NNC(=O)C3CCC3)cn4COCC[Si](C)(C)C)c(F)c2)COC1. The second-order valence-corrected chi connectivity index (χ2v) is 19.6. The van der Waals surface area contributed by atoms with Crippen molar-refractivity contribution in [1.82, 2.24) is 20.4 Å². The summed E-state index contributed by atoms with van der Waals surface area (Å²) in [5.41, 5.74) is 5.47. The van der Waals surface area contributed by atoms with E-state index in [-0.39, 0.29) is 58.4 Å². The molecule has 2 aliphatic rings. The van der Waals surface area contributed by atoms with Gasteiger partial charge >= 0.3 is 0 Å². The third-order valence-corrected chi connectivity index (χ3v) is 10.2. The summed E-state index contributed by atoms with van der Waals surface area (Å²) in [6, 6.07) is 4.51. The van der Waals surface area contributed by atoms with Crippen molar-refractivity contribution < 1.29 is 37.4 Å². The Morgan fingerprint density at radius 1 is 1.13 bits per heavy atom. The molecular formula is C33H42F2N4O6Si. The molecule has 0 atom stereocenters. The van der Waals surface area contributed by atoms with Crippen LogP contribution in [0.4, 0.5) is 8.78 Å². The maximum absolute atomic E-state index is 15.3. The van der Waals surface area contributed by atoms with Crippen LogP contribution in [0, 0.1) is 23.0 Å². The molecule has 13 heteroatoms. The second kappa shape index (κ2) is 14.0. The summed E-state index contributed by atoms with van der Waals surface area (Å²) in [4.78, 5) is 42.7. The number of amides is 2. The molecule has 46 heavy (non-hydrogen) atoms. The zero-order valence-electron chi connectivity index (χ0n) is 26.8. The number of carbonyl (C=O) groups excluding carboxylic acids is 3. The lowest BCUT2D eigenvalue weighted by atomic mass is 9.82. The van der Waals surface area contributed by atoms with Crippen LogP contribution in [0.3, 0.4) is 0 Å². The van der Waals surface area contributed by atoms with Gasteiger partial charge in [-0.25, -0.2) is 13.8 Å². The number of halogens is 2. The van der Waals surface area contributed by atoms with Gasteiger partial charge in [0.05, 0.1) is 24.2 Å². The molecule has 0 unspecified atom stereocenters. The number of hydrogen-bond donors (Lipinski definition) is 2. The van der Waals surface area contributed by atoms with Crippen molar-refractivity contribution >= 4 is 36.7 Å². The van der Waals surface area contributed by atoms with Crippen molar-refractivity contribution in [3.63, 3.8) is 0 Å². The fraction of sp³-hybridized carbons (Fsp3) is 0.515. The standard InChI is InChI=1S/C33H42F2N4O6Si/c1-33(18-44-19-33)10-8-23(40)14-21-15-25(34)29(26(35)16-21)45-27-9-11-36-30-28(27)24(17-39(30)20-43-12-13-46(2,3)4)32(42)38-37-31(41)22-6-5-7-22/h9,11,15-17,22H,5-8,10,12-14,18-20H2,1-4H3,(H,37,41)(H,38,42). The van der Waals surface area contributed by atoms with Crippen LogP contribution >= 0.6 is 0 Å². The fourth-order valence-corrected chi connectivity index (χ4v) is 6.07. The van der Waals surface area contributed by atoms with E-state index in [0.717, 1.165) is 37.4 Å². The molecule has 1 aliphatic carbocycles. The molecular weight excluding hydrogens is 614 g/mol. The lowest BCUT2D eigenvalue weighted by Gasteiger charge is -2.37. The van der Waals surface area contributed by atoms with Crippen LogP contribution in [0.15, 0.2) is 30.6 Å². The van der Waals surface area contributed by atoms with E-state index in [2.05, 4.69) is 35.5 Å². The smallest absolute Gasteiger partial charge is 0.272 e. The maximum Gasteiger partial charge on any atom is 0.272 e. The van der Waals surface area contributed by atoms with Gasteiger partial charge in [0.15, 0.2) is 17.4 Å². The van der Waals surface area contributed by atoms with E-state index in [9.17, 15) is 14.4 Å². The Morgan fingerprint density at radius 3 is 2.46 bits per heavy atom. The summed E-state index contributed by atoms with van der Waals surface area (Å²) in [5, 5.41) is 0.193. The molecule has 5 rings (SSSR count). The van der Waals surface area contributed by atoms with Crippen LogP contribution < -0.4 is 15.6 Å². The molecule has 1 aromatic carbocycles. The van der Waals surface area contributed by atoms with Gasteiger partial charge in [-0.1, -0.05) is 33.0 Å². The predicted octanol–water partition coefficient (Wildman–Crippen LogP) is 5.91. The molecule has 3 heterocycles. The van der Waals surface area contributed by atoms with Crippen LogP contribution in [0.25, 0.3) is 11.0 Å². The number of ketones is 1.